The van der Waals surface area contributed by atoms with Gasteiger partial charge in [-0.3, -0.25) is 4.90 Å². The van der Waals surface area contributed by atoms with Crippen LogP contribution in [0.25, 0.3) is 22.6 Å². The Labute approximate surface area is 211 Å². The molecule has 0 saturated carbocycles. The van der Waals surface area contributed by atoms with E-state index in [0.29, 0.717) is 36.2 Å². The highest BCUT2D eigenvalue weighted by Crippen LogP contribution is 2.35. The van der Waals surface area contributed by atoms with E-state index in [2.05, 4.69) is 17.9 Å². The number of hydrogen-bond acceptors (Lipinski definition) is 4. The van der Waals surface area contributed by atoms with Gasteiger partial charge < -0.3 is 9.84 Å². The lowest BCUT2D eigenvalue weighted by Gasteiger charge is -2.30. The van der Waals surface area contributed by atoms with Crippen LogP contribution in [0.3, 0.4) is 0 Å². The first-order chi connectivity index (χ1) is 16.6. The minimum absolute atomic E-state index is 0. The third-order valence-electron chi connectivity index (χ3n) is 6.22. The molecule has 0 radical (unpaired) electrons. The summed E-state index contributed by atoms with van der Waals surface area (Å²) in [6, 6.07) is 25.5. The minimum Gasteiger partial charge on any atom is -0.488 e. The largest absolute Gasteiger partial charge is 0.488 e. The molecule has 2 heterocycles. The molecule has 1 aliphatic heterocycles. The van der Waals surface area contributed by atoms with Gasteiger partial charge in [0.1, 0.15) is 12.4 Å². The Kier molecular flexibility index (Phi) is 7.49. The molecule has 0 spiro atoms. The fourth-order valence-electron chi connectivity index (χ4n) is 4.50. The number of aromatic carboxylic acids is 1. The van der Waals surface area contributed by atoms with E-state index in [0.717, 1.165) is 40.3 Å². The van der Waals surface area contributed by atoms with E-state index in [4.69, 9.17) is 9.72 Å². The van der Waals surface area contributed by atoms with Gasteiger partial charge in [-0.15, -0.1) is 12.4 Å². The van der Waals surface area contributed by atoms with Gasteiger partial charge in [-0.25, -0.2) is 9.78 Å². The number of ether oxygens (including phenoxy) is 1. The highest BCUT2D eigenvalue weighted by molar-refractivity contribution is 6.06. The number of pyridine rings is 1. The average molecular weight is 487 g/mol. The number of carboxylic acids is 1. The Morgan fingerprint density at radius 2 is 1.71 bits per heavy atom. The molecule has 0 unspecified atom stereocenters. The van der Waals surface area contributed by atoms with E-state index in [1.54, 1.807) is 0 Å². The number of benzene rings is 3. The highest BCUT2D eigenvalue weighted by atomic mass is 35.5. The molecule has 1 aliphatic rings. The molecule has 0 aliphatic carbocycles. The number of carboxylic acid groups (broad SMARTS) is 1. The molecule has 178 valence electrons. The van der Waals surface area contributed by atoms with Crippen LogP contribution in [0.2, 0.25) is 0 Å². The predicted octanol–water partition coefficient (Wildman–Crippen LogP) is 6.31. The lowest BCUT2D eigenvalue weighted by Crippen LogP contribution is -2.31. The second kappa shape index (κ2) is 10.7. The number of fused-ring (bicyclic) bond motifs is 2. The number of nitrogens with zero attached hydrogens (tertiary/aromatic N) is 2. The van der Waals surface area contributed by atoms with Crippen molar-refractivity contribution < 1.29 is 14.6 Å². The summed E-state index contributed by atoms with van der Waals surface area (Å²) in [6.45, 7) is 4.64. The fraction of sp³-hybridized carbons (Fsp3) is 0.172. The van der Waals surface area contributed by atoms with Crippen LogP contribution in [0.5, 0.6) is 5.75 Å². The molecule has 0 atom stereocenters. The van der Waals surface area contributed by atoms with Gasteiger partial charge >= 0.3 is 5.97 Å². The van der Waals surface area contributed by atoms with E-state index in [9.17, 15) is 9.90 Å². The maximum atomic E-state index is 12.3. The monoisotopic (exact) mass is 486 g/mol. The minimum atomic E-state index is -0.918. The van der Waals surface area contributed by atoms with Crippen molar-refractivity contribution in [3.63, 3.8) is 0 Å². The summed E-state index contributed by atoms with van der Waals surface area (Å²) in [6.07, 6.45) is 2.09. The molecule has 35 heavy (non-hydrogen) atoms. The van der Waals surface area contributed by atoms with Gasteiger partial charge in [-0.05, 0) is 35.9 Å². The Hall–Kier alpha value is -3.67. The van der Waals surface area contributed by atoms with Crippen molar-refractivity contribution in [2.75, 3.05) is 13.1 Å². The van der Waals surface area contributed by atoms with Gasteiger partial charge in [0.15, 0.2) is 0 Å². The Bertz CT molecular complexity index is 1390. The van der Waals surface area contributed by atoms with Crippen LogP contribution in [0, 0.1) is 0 Å². The first-order valence-corrected chi connectivity index (χ1v) is 11.5. The topological polar surface area (TPSA) is 62.7 Å². The summed E-state index contributed by atoms with van der Waals surface area (Å²) in [4.78, 5) is 19.5. The maximum Gasteiger partial charge on any atom is 0.336 e. The van der Waals surface area contributed by atoms with E-state index >= 15 is 0 Å². The van der Waals surface area contributed by atoms with Gasteiger partial charge in [0, 0.05) is 29.6 Å². The molecule has 5 rings (SSSR count). The molecular weight excluding hydrogens is 460 g/mol. The van der Waals surface area contributed by atoms with Gasteiger partial charge in [0.25, 0.3) is 0 Å². The van der Waals surface area contributed by atoms with Crippen LogP contribution in [0.15, 0.2) is 78.9 Å². The van der Waals surface area contributed by atoms with Crippen molar-refractivity contribution >= 4 is 40.9 Å². The summed E-state index contributed by atoms with van der Waals surface area (Å²) in [5.74, 6) is -0.132. The molecular formula is C29H27ClN2O3. The molecule has 3 aromatic carbocycles. The number of carbonyl (C=O) groups is 1. The van der Waals surface area contributed by atoms with Crippen LogP contribution < -0.4 is 4.74 Å². The van der Waals surface area contributed by atoms with Gasteiger partial charge in [-0.1, -0.05) is 73.7 Å². The molecule has 0 fully saturated rings. The van der Waals surface area contributed by atoms with E-state index < -0.39 is 5.97 Å². The highest BCUT2D eigenvalue weighted by Gasteiger charge is 2.28. The van der Waals surface area contributed by atoms with E-state index in [-0.39, 0.29) is 12.4 Å². The summed E-state index contributed by atoms with van der Waals surface area (Å²) < 4.78 is 6.17. The second-order valence-corrected chi connectivity index (χ2v) is 8.42. The molecule has 0 saturated heterocycles. The molecule has 5 nitrogen and oxygen atoms in total. The lowest BCUT2D eigenvalue weighted by molar-refractivity contribution is 0.0696. The molecule has 1 N–H and O–H groups in total. The number of para-hydroxylation sites is 2. The Balaban J connectivity index is 0.00000289. The van der Waals surface area contributed by atoms with Crippen LogP contribution in [-0.2, 0) is 13.2 Å². The summed E-state index contributed by atoms with van der Waals surface area (Å²) in [5.41, 5.74) is 5.62. The third kappa shape index (κ3) is 5.06. The SMILES string of the molecule is CCN1C/C(=C\c2ccccc2OCc2ccccc2)c2nc3ccccc3c(C(=O)O)c2C1.Cl. The number of rotatable bonds is 6. The fourth-order valence-corrected chi connectivity index (χ4v) is 4.50. The van der Waals surface area contributed by atoms with Crippen LogP contribution in [0.4, 0.5) is 0 Å². The smallest absolute Gasteiger partial charge is 0.336 e. The van der Waals surface area contributed by atoms with Gasteiger partial charge in [-0.2, -0.15) is 0 Å². The van der Waals surface area contributed by atoms with Crippen molar-refractivity contribution in [2.24, 2.45) is 0 Å². The molecule has 1 aromatic heterocycles. The zero-order valence-corrected chi connectivity index (χ0v) is 20.3. The molecule has 4 aromatic rings. The quantitative estimate of drug-likeness (QED) is 0.346. The van der Waals surface area contributed by atoms with Crippen molar-refractivity contribution in [1.29, 1.82) is 0 Å². The van der Waals surface area contributed by atoms with Crippen LogP contribution >= 0.6 is 12.4 Å². The van der Waals surface area contributed by atoms with Crippen LogP contribution in [0.1, 0.15) is 39.7 Å². The third-order valence-corrected chi connectivity index (χ3v) is 6.22. The first-order valence-electron chi connectivity index (χ1n) is 11.5. The summed E-state index contributed by atoms with van der Waals surface area (Å²) in [5, 5.41) is 10.8. The number of hydrogen-bond donors (Lipinski definition) is 1. The number of aromatic nitrogens is 1. The summed E-state index contributed by atoms with van der Waals surface area (Å²) in [7, 11) is 0. The van der Waals surface area contributed by atoms with E-state index in [1.807, 2.05) is 78.9 Å². The average Bonchev–Trinajstić information content (AvgIpc) is 2.87. The standard InChI is InChI=1S/C29H26N2O3.ClH/c1-2-31-17-22(16-21-12-6-9-15-26(21)34-19-20-10-4-3-5-11-20)28-24(18-31)27(29(32)33)23-13-7-8-14-25(23)30-28;/h3-16H,2,17-19H2,1H3,(H,32,33);1H/b22-16+;. The van der Waals surface area contributed by atoms with E-state index in [1.165, 1.54) is 0 Å². The molecule has 6 heteroatoms. The van der Waals surface area contributed by atoms with Crippen molar-refractivity contribution in [1.82, 2.24) is 9.88 Å². The second-order valence-electron chi connectivity index (χ2n) is 8.42. The predicted molar refractivity (Wildman–Crippen MR) is 142 cm³/mol. The normalized spacial score (nSPS) is 14.4. The number of likely N-dealkylation sites (N-methyl/N-ethyl adjacent to an activating group) is 1. The van der Waals surface area contributed by atoms with Crippen molar-refractivity contribution in [3.05, 3.63) is 107 Å². The van der Waals surface area contributed by atoms with Crippen LogP contribution in [-0.4, -0.2) is 34.0 Å². The van der Waals surface area contributed by atoms with Gasteiger partial charge in [0.05, 0.1) is 16.8 Å². The zero-order chi connectivity index (χ0) is 23.5. The Morgan fingerprint density at radius 3 is 2.49 bits per heavy atom. The zero-order valence-electron chi connectivity index (χ0n) is 19.5. The van der Waals surface area contributed by atoms with Crippen molar-refractivity contribution in [2.45, 2.75) is 20.1 Å². The van der Waals surface area contributed by atoms with Crippen molar-refractivity contribution in [3.8, 4) is 5.75 Å². The number of halogens is 1. The first kappa shape index (κ1) is 24.5. The van der Waals surface area contributed by atoms with Gasteiger partial charge in [0.2, 0.25) is 0 Å². The summed E-state index contributed by atoms with van der Waals surface area (Å²) >= 11 is 0. The lowest BCUT2D eigenvalue weighted by atomic mass is 9.92. The Morgan fingerprint density at radius 1 is 1.00 bits per heavy atom. The maximum absolute atomic E-state index is 12.3. The molecule has 0 bridgehead atoms. The molecule has 0 amide bonds.